The summed E-state index contributed by atoms with van der Waals surface area (Å²) in [6, 6.07) is 18.0. The standard InChI is InChI=1S/C25H22/c1-18-16-25(17-20(18)15-19-9-3-2-4-10-19)23-13-7-5-11-21(23)22-12-6-8-14-24(22)25/h2-9,11-15H,10,16-17H2,1H3/b19-15-. The summed E-state index contributed by atoms with van der Waals surface area (Å²) < 4.78 is 0. The van der Waals surface area contributed by atoms with Crippen LogP contribution in [0.3, 0.4) is 0 Å². The van der Waals surface area contributed by atoms with Gasteiger partial charge in [0.05, 0.1) is 0 Å². The van der Waals surface area contributed by atoms with E-state index in [1.165, 1.54) is 33.4 Å². The molecule has 0 amide bonds. The smallest absolute Gasteiger partial charge is 0.0292 e. The molecule has 0 fully saturated rings. The fourth-order valence-corrected chi connectivity index (χ4v) is 4.94. The molecule has 25 heavy (non-hydrogen) atoms. The minimum atomic E-state index is 0.137. The second kappa shape index (κ2) is 5.46. The maximum Gasteiger partial charge on any atom is 0.0292 e. The van der Waals surface area contributed by atoms with E-state index in [2.05, 4.69) is 85.8 Å². The molecule has 0 heteroatoms. The summed E-state index contributed by atoms with van der Waals surface area (Å²) in [5, 5.41) is 0. The third-order valence-electron chi connectivity index (χ3n) is 6.05. The van der Waals surface area contributed by atoms with Crippen molar-refractivity contribution in [2.45, 2.75) is 31.6 Å². The molecule has 0 bridgehead atoms. The van der Waals surface area contributed by atoms with Gasteiger partial charge in [-0.05, 0) is 59.6 Å². The van der Waals surface area contributed by atoms with Gasteiger partial charge < -0.3 is 0 Å². The number of hydrogen-bond acceptors (Lipinski definition) is 0. The Hall–Kier alpha value is -2.60. The van der Waals surface area contributed by atoms with E-state index in [-0.39, 0.29) is 5.41 Å². The van der Waals surface area contributed by atoms with Crippen LogP contribution in [0.2, 0.25) is 0 Å². The van der Waals surface area contributed by atoms with Gasteiger partial charge in [0.1, 0.15) is 0 Å². The quantitative estimate of drug-likeness (QED) is 0.561. The van der Waals surface area contributed by atoms with Crippen LogP contribution >= 0.6 is 0 Å². The van der Waals surface area contributed by atoms with Crippen molar-refractivity contribution in [3.05, 3.63) is 107 Å². The van der Waals surface area contributed by atoms with Crippen LogP contribution < -0.4 is 0 Å². The molecule has 0 radical (unpaired) electrons. The van der Waals surface area contributed by atoms with Crippen molar-refractivity contribution < 1.29 is 0 Å². The topological polar surface area (TPSA) is 0 Å². The fourth-order valence-electron chi connectivity index (χ4n) is 4.94. The zero-order valence-corrected chi connectivity index (χ0v) is 14.6. The number of benzene rings is 2. The van der Waals surface area contributed by atoms with Gasteiger partial charge in [0, 0.05) is 5.41 Å². The van der Waals surface area contributed by atoms with Crippen LogP contribution in [0, 0.1) is 0 Å². The molecule has 2 aromatic rings. The number of rotatable bonds is 1. The van der Waals surface area contributed by atoms with Gasteiger partial charge in [-0.2, -0.15) is 0 Å². The summed E-state index contributed by atoms with van der Waals surface area (Å²) in [6.45, 7) is 2.33. The van der Waals surface area contributed by atoms with Crippen LogP contribution in [0.15, 0.2) is 95.6 Å². The van der Waals surface area contributed by atoms with Crippen molar-refractivity contribution in [2.75, 3.05) is 0 Å². The minimum absolute atomic E-state index is 0.137. The first kappa shape index (κ1) is 14.7. The SMILES string of the molecule is CC1=C(/C=C2/C=CC=CC2)CC2(C1)c1ccccc1-c1ccccc12. The van der Waals surface area contributed by atoms with Gasteiger partial charge in [-0.15, -0.1) is 0 Å². The summed E-state index contributed by atoms with van der Waals surface area (Å²) in [5.41, 5.74) is 10.5. The fraction of sp³-hybridized carbons (Fsp3) is 0.200. The summed E-state index contributed by atoms with van der Waals surface area (Å²) >= 11 is 0. The molecule has 0 heterocycles. The third-order valence-corrected chi connectivity index (χ3v) is 6.05. The molecule has 0 aliphatic heterocycles. The van der Waals surface area contributed by atoms with Crippen LogP contribution in [0.25, 0.3) is 11.1 Å². The highest BCUT2D eigenvalue weighted by Gasteiger charge is 2.46. The monoisotopic (exact) mass is 322 g/mol. The van der Waals surface area contributed by atoms with E-state index in [0.717, 1.165) is 19.3 Å². The zero-order valence-electron chi connectivity index (χ0n) is 14.6. The minimum Gasteiger partial charge on any atom is -0.0801 e. The van der Waals surface area contributed by atoms with Crippen molar-refractivity contribution in [1.29, 1.82) is 0 Å². The van der Waals surface area contributed by atoms with E-state index in [0.29, 0.717) is 0 Å². The van der Waals surface area contributed by atoms with Gasteiger partial charge >= 0.3 is 0 Å². The van der Waals surface area contributed by atoms with E-state index < -0.39 is 0 Å². The van der Waals surface area contributed by atoms with Gasteiger partial charge in [-0.25, -0.2) is 0 Å². The summed E-state index contributed by atoms with van der Waals surface area (Å²) in [7, 11) is 0. The predicted octanol–water partition coefficient (Wildman–Crippen LogP) is 6.51. The number of allylic oxidation sites excluding steroid dienone is 8. The number of fused-ring (bicyclic) bond motifs is 5. The Morgan fingerprint density at radius 1 is 0.840 bits per heavy atom. The molecule has 3 aliphatic rings. The maximum atomic E-state index is 2.44. The molecule has 2 aromatic carbocycles. The summed E-state index contributed by atoms with van der Waals surface area (Å²) in [6.07, 6.45) is 14.5. The Kier molecular flexibility index (Phi) is 3.21. The average molecular weight is 322 g/mol. The molecule has 5 rings (SSSR count). The summed E-state index contributed by atoms with van der Waals surface area (Å²) in [4.78, 5) is 0. The van der Waals surface area contributed by atoms with Gasteiger partial charge in [-0.1, -0.05) is 84.5 Å². The van der Waals surface area contributed by atoms with Crippen molar-refractivity contribution in [2.24, 2.45) is 0 Å². The van der Waals surface area contributed by atoms with E-state index in [9.17, 15) is 0 Å². The van der Waals surface area contributed by atoms with Gasteiger partial charge in [0.2, 0.25) is 0 Å². The van der Waals surface area contributed by atoms with Crippen molar-refractivity contribution in [3.63, 3.8) is 0 Å². The molecule has 0 atom stereocenters. The van der Waals surface area contributed by atoms with Crippen molar-refractivity contribution in [1.82, 2.24) is 0 Å². The van der Waals surface area contributed by atoms with Crippen LogP contribution in [0.1, 0.15) is 37.3 Å². The highest BCUT2D eigenvalue weighted by molar-refractivity contribution is 5.82. The van der Waals surface area contributed by atoms with Gasteiger partial charge in [0.15, 0.2) is 0 Å². The predicted molar refractivity (Wildman–Crippen MR) is 106 cm³/mol. The Morgan fingerprint density at radius 2 is 1.52 bits per heavy atom. The molecule has 0 N–H and O–H groups in total. The van der Waals surface area contributed by atoms with E-state index >= 15 is 0 Å². The molecule has 3 aliphatic carbocycles. The Labute approximate surface area is 149 Å². The maximum absolute atomic E-state index is 2.44. The Morgan fingerprint density at radius 3 is 2.16 bits per heavy atom. The summed E-state index contributed by atoms with van der Waals surface area (Å²) in [5.74, 6) is 0. The highest BCUT2D eigenvalue weighted by Crippen LogP contribution is 2.58. The molecule has 0 aromatic heterocycles. The lowest BCUT2D eigenvalue weighted by Crippen LogP contribution is -2.21. The molecule has 1 spiro atoms. The van der Waals surface area contributed by atoms with E-state index in [4.69, 9.17) is 0 Å². The van der Waals surface area contributed by atoms with E-state index in [1.807, 2.05) is 0 Å². The van der Waals surface area contributed by atoms with Crippen LogP contribution in [0.4, 0.5) is 0 Å². The highest BCUT2D eigenvalue weighted by atomic mass is 14.5. The molecular weight excluding hydrogens is 300 g/mol. The molecule has 0 saturated heterocycles. The Balaban J connectivity index is 1.62. The lowest BCUT2D eigenvalue weighted by Gasteiger charge is -2.27. The molecule has 0 unspecified atom stereocenters. The second-order valence-electron chi connectivity index (χ2n) is 7.54. The Bertz CT molecular complexity index is 933. The second-order valence-corrected chi connectivity index (χ2v) is 7.54. The first-order chi connectivity index (χ1) is 12.3. The van der Waals surface area contributed by atoms with Crippen molar-refractivity contribution >= 4 is 0 Å². The van der Waals surface area contributed by atoms with E-state index in [1.54, 1.807) is 5.57 Å². The lowest BCUT2D eigenvalue weighted by atomic mass is 9.75. The van der Waals surface area contributed by atoms with Gasteiger partial charge in [-0.3, -0.25) is 0 Å². The van der Waals surface area contributed by atoms with Gasteiger partial charge in [0.25, 0.3) is 0 Å². The van der Waals surface area contributed by atoms with Crippen LogP contribution in [0.5, 0.6) is 0 Å². The van der Waals surface area contributed by atoms with Crippen LogP contribution in [-0.4, -0.2) is 0 Å². The molecule has 122 valence electrons. The average Bonchev–Trinajstić information content (AvgIpc) is 3.13. The molecular formula is C25H22. The first-order valence-electron chi connectivity index (χ1n) is 9.20. The third kappa shape index (κ3) is 2.14. The lowest BCUT2D eigenvalue weighted by molar-refractivity contribution is 0.560. The number of hydrogen-bond donors (Lipinski definition) is 0. The normalized spacial score (nSPS) is 21.2. The molecule has 0 nitrogen and oxygen atoms in total. The van der Waals surface area contributed by atoms with Crippen LogP contribution in [-0.2, 0) is 5.41 Å². The zero-order chi connectivity index (χ0) is 16.9. The molecule has 0 saturated carbocycles. The van der Waals surface area contributed by atoms with Crippen molar-refractivity contribution in [3.8, 4) is 11.1 Å². The first-order valence-corrected chi connectivity index (χ1v) is 9.20. The largest absolute Gasteiger partial charge is 0.0801 e.